The third kappa shape index (κ3) is 4.39. The van der Waals surface area contributed by atoms with Crippen LogP contribution in [0.25, 0.3) is 0 Å². The molecule has 5 heteroatoms. The highest BCUT2D eigenvalue weighted by Crippen LogP contribution is 2.25. The lowest BCUT2D eigenvalue weighted by molar-refractivity contribution is -0.154. The summed E-state index contributed by atoms with van der Waals surface area (Å²) in [7, 11) is 0. The molecule has 112 valence electrons. The molecule has 0 fully saturated rings. The molecule has 0 aliphatic carbocycles. The van der Waals surface area contributed by atoms with Crippen LogP contribution < -0.4 is 4.74 Å². The lowest BCUT2D eigenvalue weighted by atomic mass is 10.1. The van der Waals surface area contributed by atoms with E-state index < -0.39 is 12.2 Å². The summed E-state index contributed by atoms with van der Waals surface area (Å²) in [4.78, 5) is 13.2. The van der Waals surface area contributed by atoms with E-state index >= 15 is 0 Å². The number of carboxylic acids is 1. The average molecular weight is 300 g/mol. The second-order valence-corrected chi connectivity index (χ2v) is 4.97. The number of likely N-dealkylation sites (N-methyl/N-ethyl adjacent to an activating group) is 1. The van der Waals surface area contributed by atoms with E-state index in [1.165, 1.54) is 0 Å². The maximum Gasteiger partial charge on any atom is 0.360 e. The van der Waals surface area contributed by atoms with Crippen molar-refractivity contribution in [3.8, 4) is 5.75 Å². The molecule has 1 aromatic rings. The first-order chi connectivity index (χ1) is 9.53. The highest BCUT2D eigenvalue weighted by molar-refractivity contribution is 6.30. The number of carbonyl (C=O) groups is 1. The van der Waals surface area contributed by atoms with Crippen LogP contribution in [0.1, 0.15) is 32.8 Å². The van der Waals surface area contributed by atoms with Crippen LogP contribution in [0.5, 0.6) is 5.75 Å². The van der Waals surface area contributed by atoms with Crippen LogP contribution in [0.4, 0.5) is 0 Å². The first-order valence-electron chi connectivity index (χ1n) is 6.95. The Bertz CT molecular complexity index is 447. The third-order valence-corrected chi connectivity index (χ3v) is 3.37. The first kappa shape index (κ1) is 16.8. The van der Waals surface area contributed by atoms with E-state index in [2.05, 4.69) is 6.92 Å². The quantitative estimate of drug-likeness (QED) is 0.747. The molecule has 1 atom stereocenters. The minimum atomic E-state index is -0.980. The van der Waals surface area contributed by atoms with Crippen molar-refractivity contribution >= 4 is 17.6 Å². The minimum absolute atomic E-state index is 0.593. The van der Waals surface area contributed by atoms with Crippen molar-refractivity contribution in [3.05, 3.63) is 28.8 Å². The molecule has 1 rings (SSSR count). The number of carboxylic acid groups (broad SMARTS) is 1. The second kappa shape index (κ2) is 8.12. The summed E-state index contributed by atoms with van der Waals surface area (Å²) >= 11 is 5.99. The predicted molar refractivity (Wildman–Crippen MR) is 80.4 cm³/mol. The number of hydrogen-bond donors (Lipinski definition) is 1. The van der Waals surface area contributed by atoms with Crippen LogP contribution in [0, 0.1) is 0 Å². The van der Waals surface area contributed by atoms with Crippen molar-refractivity contribution in [3.63, 3.8) is 0 Å². The molecular weight excluding hydrogens is 278 g/mol. The normalized spacial score (nSPS) is 12.4. The molecule has 0 heterocycles. The third-order valence-electron chi connectivity index (χ3n) is 3.14. The molecule has 0 radical (unpaired) electrons. The number of ether oxygens (including phenoxy) is 1. The number of aryl methyl sites for hydroxylation is 1. The van der Waals surface area contributed by atoms with E-state index in [1.54, 1.807) is 17.0 Å². The molecule has 0 spiro atoms. The number of aliphatic carboxylic acids is 1. The standard InChI is InChI=1S/C15H22ClNO3/c1-4-7-11-10-12(16)8-9-13(11)20-14(15(18)19)17(5-2)6-3/h8-10,14H,4-7H2,1-3H3,(H,18,19). The zero-order chi connectivity index (χ0) is 15.1. The molecule has 1 unspecified atom stereocenters. The molecule has 1 aromatic carbocycles. The fraction of sp³-hybridized carbons (Fsp3) is 0.533. The molecule has 4 nitrogen and oxygen atoms in total. The van der Waals surface area contributed by atoms with Gasteiger partial charge in [-0.2, -0.15) is 0 Å². The summed E-state index contributed by atoms with van der Waals surface area (Å²) < 4.78 is 5.73. The van der Waals surface area contributed by atoms with E-state index in [0.717, 1.165) is 18.4 Å². The molecule has 0 aromatic heterocycles. The zero-order valence-corrected chi connectivity index (χ0v) is 13.0. The second-order valence-electron chi connectivity index (χ2n) is 4.53. The average Bonchev–Trinajstić information content (AvgIpc) is 2.41. The topological polar surface area (TPSA) is 49.8 Å². The lowest BCUT2D eigenvalue weighted by Crippen LogP contribution is -2.45. The highest BCUT2D eigenvalue weighted by atomic mass is 35.5. The molecule has 0 aliphatic heterocycles. The molecule has 20 heavy (non-hydrogen) atoms. The lowest BCUT2D eigenvalue weighted by Gasteiger charge is -2.27. The SMILES string of the molecule is CCCc1cc(Cl)ccc1OC(C(=O)O)N(CC)CC. The van der Waals surface area contributed by atoms with Crippen molar-refractivity contribution in [1.82, 2.24) is 4.90 Å². The molecule has 0 saturated carbocycles. The van der Waals surface area contributed by atoms with E-state index in [-0.39, 0.29) is 0 Å². The Morgan fingerprint density at radius 3 is 2.50 bits per heavy atom. The molecule has 0 amide bonds. The molecule has 0 saturated heterocycles. The number of nitrogens with zero attached hydrogens (tertiary/aromatic N) is 1. The Balaban J connectivity index is 3.01. The van der Waals surface area contributed by atoms with E-state index in [4.69, 9.17) is 16.3 Å². The van der Waals surface area contributed by atoms with Crippen molar-refractivity contribution in [2.75, 3.05) is 13.1 Å². The van der Waals surface area contributed by atoms with Crippen LogP contribution in [-0.4, -0.2) is 35.3 Å². The predicted octanol–water partition coefficient (Wildman–Crippen LogP) is 3.42. The summed E-state index contributed by atoms with van der Waals surface area (Å²) in [5, 5.41) is 9.98. The Kier molecular flexibility index (Phi) is 6.82. The summed E-state index contributed by atoms with van der Waals surface area (Å²) in [5.74, 6) is -0.387. The molecule has 0 bridgehead atoms. The van der Waals surface area contributed by atoms with Gasteiger partial charge in [0.05, 0.1) is 0 Å². The van der Waals surface area contributed by atoms with Crippen LogP contribution in [0.15, 0.2) is 18.2 Å². The Labute approximate surface area is 125 Å². The monoisotopic (exact) mass is 299 g/mol. The van der Waals surface area contributed by atoms with E-state index in [1.807, 2.05) is 19.9 Å². The van der Waals surface area contributed by atoms with Gasteiger partial charge >= 0.3 is 5.97 Å². The number of halogens is 1. The maximum atomic E-state index is 11.4. The van der Waals surface area contributed by atoms with E-state index in [0.29, 0.717) is 23.9 Å². The Morgan fingerprint density at radius 2 is 2.00 bits per heavy atom. The van der Waals surface area contributed by atoms with Gasteiger partial charge in [0.1, 0.15) is 5.75 Å². The Morgan fingerprint density at radius 1 is 1.35 bits per heavy atom. The van der Waals surface area contributed by atoms with Gasteiger partial charge < -0.3 is 9.84 Å². The van der Waals surface area contributed by atoms with Crippen molar-refractivity contribution in [2.45, 2.75) is 39.8 Å². The van der Waals surface area contributed by atoms with Crippen LogP contribution >= 0.6 is 11.6 Å². The largest absolute Gasteiger partial charge is 0.477 e. The van der Waals surface area contributed by atoms with Crippen LogP contribution in [0.2, 0.25) is 5.02 Å². The van der Waals surface area contributed by atoms with Crippen molar-refractivity contribution in [1.29, 1.82) is 0 Å². The van der Waals surface area contributed by atoms with Gasteiger partial charge in [-0.15, -0.1) is 0 Å². The van der Waals surface area contributed by atoms with Crippen LogP contribution in [0.3, 0.4) is 0 Å². The van der Waals surface area contributed by atoms with Gasteiger partial charge in [0.25, 0.3) is 6.23 Å². The maximum absolute atomic E-state index is 11.4. The molecule has 0 aliphatic rings. The highest BCUT2D eigenvalue weighted by Gasteiger charge is 2.26. The van der Waals surface area contributed by atoms with Gasteiger partial charge in [-0.05, 0) is 43.3 Å². The molecule has 1 N–H and O–H groups in total. The zero-order valence-electron chi connectivity index (χ0n) is 12.2. The van der Waals surface area contributed by atoms with E-state index in [9.17, 15) is 9.90 Å². The van der Waals surface area contributed by atoms with Gasteiger partial charge in [0.2, 0.25) is 0 Å². The van der Waals surface area contributed by atoms with Gasteiger partial charge in [0.15, 0.2) is 0 Å². The van der Waals surface area contributed by atoms with Crippen molar-refractivity contribution in [2.24, 2.45) is 0 Å². The number of hydrogen-bond acceptors (Lipinski definition) is 3. The van der Waals surface area contributed by atoms with Gasteiger partial charge in [0, 0.05) is 5.02 Å². The summed E-state index contributed by atoms with van der Waals surface area (Å²) in [6, 6.07) is 5.30. The fourth-order valence-electron chi connectivity index (χ4n) is 2.08. The summed E-state index contributed by atoms with van der Waals surface area (Å²) in [6.07, 6.45) is 0.780. The summed E-state index contributed by atoms with van der Waals surface area (Å²) in [6.45, 7) is 7.12. The Hall–Kier alpha value is -1.26. The minimum Gasteiger partial charge on any atom is -0.477 e. The van der Waals surface area contributed by atoms with Crippen molar-refractivity contribution < 1.29 is 14.6 Å². The van der Waals surface area contributed by atoms with Gasteiger partial charge in [-0.1, -0.05) is 38.8 Å². The number of benzene rings is 1. The fourth-order valence-corrected chi connectivity index (χ4v) is 2.28. The number of rotatable bonds is 8. The van der Waals surface area contributed by atoms with Gasteiger partial charge in [-0.25, -0.2) is 4.79 Å². The summed E-state index contributed by atoms with van der Waals surface area (Å²) in [5.41, 5.74) is 0.943. The van der Waals surface area contributed by atoms with Gasteiger partial charge in [-0.3, -0.25) is 4.90 Å². The first-order valence-corrected chi connectivity index (χ1v) is 7.33. The van der Waals surface area contributed by atoms with Crippen LogP contribution in [-0.2, 0) is 11.2 Å². The smallest absolute Gasteiger partial charge is 0.360 e. The molecular formula is C15H22ClNO3.